The number of nitrogens with zero attached hydrogens (tertiary/aromatic N) is 1. The largest absolute Gasteiger partial charge is 0.480 e. The van der Waals surface area contributed by atoms with Crippen LogP contribution in [0.5, 0.6) is 0 Å². The summed E-state index contributed by atoms with van der Waals surface area (Å²) < 4.78 is 0. The summed E-state index contributed by atoms with van der Waals surface area (Å²) in [6, 6.07) is 0. The van der Waals surface area contributed by atoms with E-state index in [2.05, 4.69) is 0 Å². The second kappa shape index (κ2) is 4.27. The third-order valence-corrected chi connectivity index (χ3v) is 1.68. The fourth-order valence-corrected chi connectivity index (χ4v) is 1.11. The summed E-state index contributed by atoms with van der Waals surface area (Å²) in [5.74, 6) is -1.18. The third kappa shape index (κ3) is 2.35. The predicted molar refractivity (Wildman–Crippen MR) is 43.8 cm³/mol. The first-order valence-electron chi connectivity index (χ1n) is 3.38. The van der Waals surface area contributed by atoms with Gasteiger partial charge in [0.1, 0.15) is 6.54 Å². The van der Waals surface area contributed by atoms with E-state index in [9.17, 15) is 9.59 Å². The lowest BCUT2D eigenvalue weighted by Gasteiger charge is -2.18. The molecule has 70 valence electrons. The van der Waals surface area contributed by atoms with Gasteiger partial charge in [0.2, 0.25) is 5.91 Å². The average Bonchev–Trinajstić information content (AvgIpc) is 2.18. The van der Waals surface area contributed by atoms with E-state index < -0.39 is 12.1 Å². The number of carboxylic acids is 1. The van der Waals surface area contributed by atoms with Crippen LogP contribution in [0.2, 0.25) is 0 Å². The Balaban J connectivity index is 0.00000121. The molecule has 1 rings (SSSR count). The molecule has 6 heteroatoms. The molecule has 3 N–H and O–H groups in total. The molecular formula is C6H11ClN2O3. The maximum Gasteiger partial charge on any atom is 0.323 e. The minimum Gasteiger partial charge on any atom is -0.480 e. The Morgan fingerprint density at radius 3 is 2.67 bits per heavy atom. The van der Waals surface area contributed by atoms with E-state index in [0.29, 0.717) is 12.8 Å². The van der Waals surface area contributed by atoms with Crippen LogP contribution in [-0.4, -0.2) is 34.6 Å². The monoisotopic (exact) mass is 194 g/mol. The van der Waals surface area contributed by atoms with Gasteiger partial charge in [0.25, 0.3) is 0 Å². The summed E-state index contributed by atoms with van der Waals surface area (Å²) in [4.78, 5) is 22.3. The van der Waals surface area contributed by atoms with Gasteiger partial charge in [-0.25, -0.2) is 0 Å². The number of carbonyl (C=O) groups excluding carboxylic acids is 1. The highest BCUT2D eigenvalue weighted by Gasteiger charge is 2.29. The molecule has 1 unspecified atom stereocenters. The molecule has 1 saturated heterocycles. The van der Waals surface area contributed by atoms with Crippen LogP contribution in [0.25, 0.3) is 0 Å². The Bertz CT molecular complexity index is 197. The van der Waals surface area contributed by atoms with E-state index in [1.165, 1.54) is 4.90 Å². The lowest BCUT2D eigenvalue weighted by molar-refractivity contribution is -0.143. The molecule has 0 aromatic rings. The minimum absolute atomic E-state index is 0. The normalized spacial score (nSPS) is 22.2. The number of carbonyl (C=O) groups is 2. The zero-order chi connectivity index (χ0) is 8.43. The van der Waals surface area contributed by atoms with Crippen LogP contribution in [0.4, 0.5) is 0 Å². The summed E-state index contributed by atoms with van der Waals surface area (Å²) in [5.41, 5.74) is 5.46. The van der Waals surface area contributed by atoms with Crippen molar-refractivity contribution in [1.29, 1.82) is 0 Å². The van der Waals surface area contributed by atoms with Crippen molar-refractivity contribution >= 4 is 24.3 Å². The molecular weight excluding hydrogens is 184 g/mol. The van der Waals surface area contributed by atoms with Crippen LogP contribution in [0.1, 0.15) is 12.8 Å². The summed E-state index contributed by atoms with van der Waals surface area (Å²) in [6.45, 7) is -0.278. The van der Waals surface area contributed by atoms with Crippen LogP contribution in [0.15, 0.2) is 0 Å². The van der Waals surface area contributed by atoms with E-state index in [1.807, 2.05) is 0 Å². The molecule has 1 amide bonds. The molecule has 1 heterocycles. The highest BCUT2D eigenvalue weighted by atomic mass is 35.5. The van der Waals surface area contributed by atoms with E-state index in [0.717, 1.165) is 0 Å². The van der Waals surface area contributed by atoms with Crippen molar-refractivity contribution in [2.75, 3.05) is 6.54 Å². The number of amides is 1. The van der Waals surface area contributed by atoms with Crippen molar-refractivity contribution in [2.45, 2.75) is 19.0 Å². The maximum atomic E-state index is 10.9. The van der Waals surface area contributed by atoms with Gasteiger partial charge in [-0.05, 0) is 6.42 Å². The molecule has 0 aromatic heterocycles. The molecule has 0 bridgehead atoms. The maximum absolute atomic E-state index is 10.9. The molecule has 1 fully saturated rings. The van der Waals surface area contributed by atoms with Crippen LogP contribution in [0, 0.1) is 0 Å². The topological polar surface area (TPSA) is 83.6 Å². The SMILES string of the molecule is Cl.NC1CCC(=O)N1CC(=O)O. The fourth-order valence-electron chi connectivity index (χ4n) is 1.11. The molecule has 0 aliphatic carbocycles. The number of likely N-dealkylation sites (tertiary alicyclic amines) is 1. The van der Waals surface area contributed by atoms with Gasteiger partial charge in [0.15, 0.2) is 0 Å². The molecule has 0 saturated carbocycles. The van der Waals surface area contributed by atoms with E-state index in [1.54, 1.807) is 0 Å². The number of hydrogen-bond acceptors (Lipinski definition) is 3. The number of aliphatic carboxylic acids is 1. The third-order valence-electron chi connectivity index (χ3n) is 1.68. The first kappa shape index (κ1) is 11.2. The minimum atomic E-state index is -1.02. The van der Waals surface area contributed by atoms with Crippen LogP contribution in [0.3, 0.4) is 0 Å². The smallest absolute Gasteiger partial charge is 0.323 e. The summed E-state index contributed by atoms with van der Waals surface area (Å²) in [6.07, 6.45) is 0.527. The van der Waals surface area contributed by atoms with Crippen molar-refractivity contribution in [3.8, 4) is 0 Å². The number of rotatable bonds is 2. The Morgan fingerprint density at radius 1 is 1.75 bits per heavy atom. The van der Waals surface area contributed by atoms with E-state index in [-0.39, 0.29) is 24.9 Å². The lowest BCUT2D eigenvalue weighted by atomic mass is 10.3. The summed E-state index contributed by atoms with van der Waals surface area (Å²) in [7, 11) is 0. The predicted octanol–water partition coefficient (Wildman–Crippen LogP) is -0.600. The molecule has 0 aromatic carbocycles. The Hall–Kier alpha value is -0.810. The first-order chi connectivity index (χ1) is 5.11. The van der Waals surface area contributed by atoms with Gasteiger partial charge in [-0.3, -0.25) is 9.59 Å². The fraction of sp³-hybridized carbons (Fsp3) is 0.667. The zero-order valence-corrected chi connectivity index (χ0v) is 7.21. The highest BCUT2D eigenvalue weighted by molar-refractivity contribution is 5.85. The molecule has 1 aliphatic heterocycles. The number of halogens is 1. The van der Waals surface area contributed by atoms with Crippen molar-refractivity contribution in [3.05, 3.63) is 0 Å². The van der Waals surface area contributed by atoms with Gasteiger partial charge in [-0.1, -0.05) is 0 Å². The van der Waals surface area contributed by atoms with Gasteiger partial charge in [0.05, 0.1) is 6.17 Å². The molecule has 5 nitrogen and oxygen atoms in total. The standard InChI is InChI=1S/C6H10N2O3.ClH/c7-4-1-2-5(9)8(4)3-6(10)11;/h4H,1-3,7H2,(H,10,11);1H. The highest BCUT2D eigenvalue weighted by Crippen LogP contribution is 2.13. The molecule has 1 aliphatic rings. The van der Waals surface area contributed by atoms with Gasteiger partial charge < -0.3 is 15.7 Å². The Kier molecular flexibility index (Phi) is 3.99. The molecule has 1 atom stereocenters. The average molecular weight is 195 g/mol. The van der Waals surface area contributed by atoms with Crippen molar-refractivity contribution in [1.82, 2.24) is 4.90 Å². The summed E-state index contributed by atoms with van der Waals surface area (Å²) >= 11 is 0. The quantitative estimate of drug-likeness (QED) is 0.615. The van der Waals surface area contributed by atoms with Crippen LogP contribution in [-0.2, 0) is 9.59 Å². The molecule has 0 spiro atoms. The van der Waals surface area contributed by atoms with E-state index in [4.69, 9.17) is 10.8 Å². The Morgan fingerprint density at radius 2 is 2.33 bits per heavy atom. The van der Waals surface area contributed by atoms with Crippen LogP contribution < -0.4 is 5.73 Å². The Labute approximate surface area is 75.9 Å². The second-order valence-corrected chi connectivity index (χ2v) is 2.52. The number of nitrogens with two attached hydrogens (primary N) is 1. The molecule has 0 radical (unpaired) electrons. The summed E-state index contributed by atoms with van der Waals surface area (Å²) in [5, 5.41) is 8.36. The number of hydrogen-bond donors (Lipinski definition) is 2. The van der Waals surface area contributed by atoms with Crippen molar-refractivity contribution in [3.63, 3.8) is 0 Å². The van der Waals surface area contributed by atoms with Crippen molar-refractivity contribution < 1.29 is 14.7 Å². The first-order valence-corrected chi connectivity index (χ1v) is 3.38. The zero-order valence-electron chi connectivity index (χ0n) is 6.40. The van der Waals surface area contributed by atoms with Gasteiger partial charge in [0, 0.05) is 6.42 Å². The molecule has 12 heavy (non-hydrogen) atoms. The second-order valence-electron chi connectivity index (χ2n) is 2.52. The van der Waals surface area contributed by atoms with Gasteiger partial charge >= 0.3 is 5.97 Å². The van der Waals surface area contributed by atoms with E-state index >= 15 is 0 Å². The van der Waals surface area contributed by atoms with Crippen molar-refractivity contribution in [2.24, 2.45) is 5.73 Å². The van der Waals surface area contributed by atoms with Gasteiger partial charge in [-0.15, -0.1) is 12.4 Å². The van der Waals surface area contributed by atoms with Gasteiger partial charge in [-0.2, -0.15) is 0 Å². The number of carboxylic acid groups (broad SMARTS) is 1. The lowest BCUT2D eigenvalue weighted by Crippen LogP contribution is -2.42. The van der Waals surface area contributed by atoms with Crippen LogP contribution >= 0.6 is 12.4 Å².